The highest BCUT2D eigenvalue weighted by Gasteiger charge is 2.29. The zero-order chi connectivity index (χ0) is 12.7. The molecule has 0 aromatic carbocycles. The Morgan fingerprint density at radius 2 is 2.33 bits per heavy atom. The van der Waals surface area contributed by atoms with Crippen LogP contribution in [0.15, 0.2) is 18.5 Å². The molecule has 18 heavy (non-hydrogen) atoms. The van der Waals surface area contributed by atoms with Gasteiger partial charge in [0.05, 0.1) is 5.92 Å². The third kappa shape index (κ3) is 1.70. The molecule has 1 unspecified atom stereocenters. The van der Waals surface area contributed by atoms with Gasteiger partial charge >= 0.3 is 5.97 Å². The van der Waals surface area contributed by atoms with Gasteiger partial charge in [0.2, 0.25) is 0 Å². The first-order chi connectivity index (χ1) is 8.65. The fraction of sp³-hybridized carbons (Fsp3) is 0.417. The summed E-state index contributed by atoms with van der Waals surface area (Å²) in [7, 11) is 0. The minimum absolute atomic E-state index is 0.288. The van der Waals surface area contributed by atoms with Crippen LogP contribution in [0.25, 0.3) is 5.65 Å². The number of nitrogens with zero attached hydrogens (tertiary/aromatic N) is 4. The second-order valence-electron chi connectivity index (χ2n) is 4.69. The number of anilines is 1. The summed E-state index contributed by atoms with van der Waals surface area (Å²) in [6, 6.07) is 3.98. The van der Waals surface area contributed by atoms with Gasteiger partial charge in [-0.1, -0.05) is 0 Å². The molecule has 1 fully saturated rings. The summed E-state index contributed by atoms with van der Waals surface area (Å²) < 4.78 is 1.76. The molecule has 2 aromatic heterocycles. The largest absolute Gasteiger partial charge is 0.481 e. The Morgan fingerprint density at radius 3 is 3.06 bits per heavy atom. The van der Waals surface area contributed by atoms with Crippen molar-refractivity contribution in [3.63, 3.8) is 0 Å². The number of aliphatic carboxylic acids is 1. The van der Waals surface area contributed by atoms with E-state index in [0.717, 1.165) is 23.6 Å². The predicted octanol–water partition coefficient (Wildman–Crippen LogP) is 0.949. The van der Waals surface area contributed by atoms with Gasteiger partial charge in [-0.25, -0.2) is 4.98 Å². The van der Waals surface area contributed by atoms with Gasteiger partial charge in [-0.05, 0) is 31.0 Å². The summed E-state index contributed by atoms with van der Waals surface area (Å²) >= 11 is 0. The van der Waals surface area contributed by atoms with Crippen molar-refractivity contribution in [2.24, 2.45) is 5.92 Å². The number of hydrogen-bond donors (Lipinski definition) is 1. The van der Waals surface area contributed by atoms with Crippen LogP contribution in [0.5, 0.6) is 0 Å². The lowest BCUT2D eigenvalue weighted by molar-refractivity contribution is -0.140. The quantitative estimate of drug-likeness (QED) is 0.854. The Morgan fingerprint density at radius 1 is 1.50 bits per heavy atom. The minimum Gasteiger partial charge on any atom is -0.481 e. The molecule has 3 heterocycles. The summed E-state index contributed by atoms with van der Waals surface area (Å²) in [6.07, 6.45) is 2.20. The summed E-state index contributed by atoms with van der Waals surface area (Å²) in [5.41, 5.74) is 1.90. The molecule has 1 N–H and O–H groups in total. The van der Waals surface area contributed by atoms with Crippen molar-refractivity contribution in [3.8, 4) is 0 Å². The highest BCUT2D eigenvalue weighted by molar-refractivity contribution is 5.72. The molecule has 1 saturated heterocycles. The number of aromatic nitrogens is 3. The van der Waals surface area contributed by atoms with E-state index in [1.165, 1.54) is 6.33 Å². The van der Waals surface area contributed by atoms with E-state index in [1.54, 1.807) is 4.52 Å². The zero-order valence-electron chi connectivity index (χ0n) is 10.1. The predicted molar refractivity (Wildman–Crippen MR) is 65.7 cm³/mol. The highest BCUT2D eigenvalue weighted by atomic mass is 16.4. The van der Waals surface area contributed by atoms with Crippen molar-refractivity contribution in [2.75, 3.05) is 18.0 Å². The number of carbonyl (C=O) groups is 1. The summed E-state index contributed by atoms with van der Waals surface area (Å²) in [6.45, 7) is 3.28. The highest BCUT2D eigenvalue weighted by Crippen LogP contribution is 2.25. The molecular weight excluding hydrogens is 232 g/mol. The zero-order valence-corrected chi connectivity index (χ0v) is 10.1. The van der Waals surface area contributed by atoms with Crippen LogP contribution < -0.4 is 4.90 Å². The Hall–Kier alpha value is -2.11. The standard InChI is InChI=1S/C12H14N4O2/c1-8-4-10-13-7-14-16(10)11(5-8)15-3-2-9(6-15)12(17)18/h4-5,7,9H,2-3,6H2,1H3,(H,17,18). The van der Waals surface area contributed by atoms with Gasteiger partial charge in [-0.2, -0.15) is 9.61 Å². The first kappa shape index (κ1) is 11.0. The average Bonchev–Trinajstić information content (AvgIpc) is 2.95. The number of fused-ring (bicyclic) bond motifs is 1. The molecule has 0 radical (unpaired) electrons. The molecule has 1 aliphatic heterocycles. The Bertz CT molecular complexity index is 607. The fourth-order valence-electron chi connectivity index (χ4n) is 2.43. The SMILES string of the molecule is Cc1cc(N2CCC(C(=O)O)C2)n2ncnc2c1. The van der Waals surface area contributed by atoms with Gasteiger partial charge in [0.25, 0.3) is 0 Å². The smallest absolute Gasteiger partial charge is 0.308 e. The van der Waals surface area contributed by atoms with Gasteiger partial charge in [0.15, 0.2) is 5.65 Å². The maximum Gasteiger partial charge on any atom is 0.308 e. The average molecular weight is 246 g/mol. The summed E-state index contributed by atoms with van der Waals surface area (Å²) in [5.74, 6) is -0.0877. The fourth-order valence-corrected chi connectivity index (χ4v) is 2.43. The van der Waals surface area contributed by atoms with E-state index in [4.69, 9.17) is 5.11 Å². The van der Waals surface area contributed by atoms with Crippen LogP contribution in [0.4, 0.5) is 5.82 Å². The number of carboxylic acids is 1. The number of hydrogen-bond acceptors (Lipinski definition) is 4. The van der Waals surface area contributed by atoms with Crippen molar-refractivity contribution in [1.29, 1.82) is 0 Å². The van der Waals surface area contributed by atoms with Crippen LogP contribution in [0.3, 0.4) is 0 Å². The third-order valence-electron chi connectivity index (χ3n) is 3.37. The van der Waals surface area contributed by atoms with E-state index in [2.05, 4.69) is 15.0 Å². The topological polar surface area (TPSA) is 70.7 Å². The monoisotopic (exact) mass is 246 g/mol. The maximum atomic E-state index is 11.0. The normalized spacial score (nSPS) is 19.6. The Labute approximate surface area is 104 Å². The van der Waals surface area contributed by atoms with Crippen molar-refractivity contribution in [2.45, 2.75) is 13.3 Å². The van der Waals surface area contributed by atoms with Crippen LogP contribution in [-0.4, -0.2) is 38.8 Å². The molecule has 0 aliphatic carbocycles. The molecule has 94 valence electrons. The molecular formula is C12H14N4O2. The lowest BCUT2D eigenvalue weighted by Crippen LogP contribution is -2.24. The van der Waals surface area contributed by atoms with Crippen molar-refractivity contribution < 1.29 is 9.90 Å². The van der Waals surface area contributed by atoms with E-state index in [-0.39, 0.29) is 5.92 Å². The molecule has 6 nitrogen and oxygen atoms in total. The van der Waals surface area contributed by atoms with E-state index >= 15 is 0 Å². The molecule has 6 heteroatoms. The Kier molecular flexibility index (Phi) is 2.43. The van der Waals surface area contributed by atoms with E-state index in [9.17, 15) is 4.79 Å². The van der Waals surface area contributed by atoms with E-state index in [1.807, 2.05) is 19.1 Å². The summed E-state index contributed by atoms with van der Waals surface area (Å²) in [4.78, 5) is 17.2. The van der Waals surface area contributed by atoms with Crippen LogP contribution in [0, 0.1) is 12.8 Å². The summed E-state index contributed by atoms with van der Waals surface area (Å²) in [5, 5.41) is 13.2. The molecule has 2 aromatic rings. The molecule has 0 amide bonds. The van der Waals surface area contributed by atoms with Crippen LogP contribution in [-0.2, 0) is 4.79 Å². The number of aryl methyl sites for hydroxylation is 1. The lowest BCUT2D eigenvalue weighted by Gasteiger charge is -2.19. The maximum absolute atomic E-state index is 11.0. The van der Waals surface area contributed by atoms with Crippen LogP contribution in [0.2, 0.25) is 0 Å². The number of rotatable bonds is 2. The van der Waals surface area contributed by atoms with Crippen molar-refractivity contribution in [1.82, 2.24) is 14.6 Å². The first-order valence-electron chi connectivity index (χ1n) is 5.93. The molecule has 0 bridgehead atoms. The van der Waals surface area contributed by atoms with Crippen molar-refractivity contribution >= 4 is 17.4 Å². The van der Waals surface area contributed by atoms with Gasteiger partial charge < -0.3 is 10.0 Å². The molecule has 1 atom stereocenters. The van der Waals surface area contributed by atoms with Crippen molar-refractivity contribution in [3.05, 3.63) is 24.0 Å². The van der Waals surface area contributed by atoms with Gasteiger partial charge in [-0.15, -0.1) is 0 Å². The van der Waals surface area contributed by atoms with Crippen LogP contribution in [0.1, 0.15) is 12.0 Å². The van der Waals surface area contributed by atoms with Gasteiger partial charge in [0.1, 0.15) is 12.1 Å². The van der Waals surface area contributed by atoms with E-state index in [0.29, 0.717) is 13.0 Å². The van der Waals surface area contributed by atoms with E-state index < -0.39 is 5.97 Å². The third-order valence-corrected chi connectivity index (χ3v) is 3.37. The Balaban J connectivity index is 1.99. The minimum atomic E-state index is -0.722. The first-order valence-corrected chi connectivity index (χ1v) is 5.93. The second kappa shape index (κ2) is 3.97. The number of carboxylic acid groups (broad SMARTS) is 1. The molecule has 1 aliphatic rings. The molecule has 0 saturated carbocycles. The van der Waals surface area contributed by atoms with Gasteiger partial charge in [-0.3, -0.25) is 4.79 Å². The second-order valence-corrected chi connectivity index (χ2v) is 4.69. The lowest BCUT2D eigenvalue weighted by atomic mass is 10.1. The molecule has 0 spiro atoms. The molecule has 3 rings (SSSR count). The van der Waals surface area contributed by atoms with Gasteiger partial charge in [0, 0.05) is 13.1 Å². The van der Waals surface area contributed by atoms with Crippen LogP contribution >= 0.6 is 0 Å². The number of pyridine rings is 1.